The van der Waals surface area contributed by atoms with Crippen LogP contribution in [-0.4, -0.2) is 58.6 Å². The second-order valence-corrected chi connectivity index (χ2v) is 11.8. The van der Waals surface area contributed by atoms with Crippen molar-refractivity contribution in [2.24, 2.45) is 10.9 Å². The summed E-state index contributed by atoms with van der Waals surface area (Å²) in [5, 5.41) is 2.63. The number of carbonyl (C=O) groups excluding carboxylic acids is 3. The number of carbonyl (C=O) groups is 3. The number of amidine groups is 1. The van der Waals surface area contributed by atoms with Crippen LogP contribution in [-0.2, 0) is 23.9 Å². The molecular weight excluding hydrogens is 566 g/mol. The van der Waals surface area contributed by atoms with Gasteiger partial charge in [0.1, 0.15) is 11.5 Å². The van der Waals surface area contributed by atoms with Gasteiger partial charge in [-0.1, -0.05) is 42.1 Å². The standard InChI is InChI=1S/C33H37N3O6S/c1-5-40-31(38)23-14-16-35(17-15-23)28(37)19-25-20-43-33-34-22(4)29(32(39)41-21(2)3)30(36(25)33)24-10-9-13-27(18-24)42-26-11-7-6-8-12-26/h6-13,18,20-21,23,30H,5,14-17,19H2,1-4H3. The van der Waals surface area contributed by atoms with Crippen molar-refractivity contribution in [1.82, 2.24) is 9.80 Å². The molecule has 0 spiro atoms. The third-order valence-electron chi connectivity index (χ3n) is 7.52. The normalized spacial score (nSPS) is 18.7. The predicted octanol–water partition coefficient (Wildman–Crippen LogP) is 6.20. The third-order valence-corrected chi connectivity index (χ3v) is 8.40. The zero-order valence-electron chi connectivity index (χ0n) is 24.9. The molecule has 3 heterocycles. The van der Waals surface area contributed by atoms with Crippen LogP contribution in [0.5, 0.6) is 11.5 Å². The number of esters is 2. The van der Waals surface area contributed by atoms with Crippen molar-refractivity contribution in [2.45, 2.75) is 59.1 Å². The zero-order valence-corrected chi connectivity index (χ0v) is 25.8. The number of para-hydroxylation sites is 1. The predicted molar refractivity (Wildman–Crippen MR) is 165 cm³/mol. The van der Waals surface area contributed by atoms with Crippen LogP contribution in [0.15, 0.2) is 82.0 Å². The van der Waals surface area contributed by atoms with Crippen molar-refractivity contribution >= 4 is 34.8 Å². The number of nitrogens with zero attached hydrogens (tertiary/aromatic N) is 3. The maximum Gasteiger partial charge on any atom is 0.338 e. The van der Waals surface area contributed by atoms with Gasteiger partial charge in [-0.2, -0.15) is 0 Å². The number of rotatable bonds is 9. The molecule has 43 heavy (non-hydrogen) atoms. The van der Waals surface area contributed by atoms with E-state index in [0.29, 0.717) is 60.5 Å². The summed E-state index contributed by atoms with van der Waals surface area (Å²) in [6.45, 7) is 8.59. The number of piperidine rings is 1. The number of hydrogen-bond acceptors (Lipinski definition) is 9. The average Bonchev–Trinajstić information content (AvgIpc) is 3.38. The van der Waals surface area contributed by atoms with Crippen LogP contribution in [0.25, 0.3) is 0 Å². The van der Waals surface area contributed by atoms with E-state index in [2.05, 4.69) is 0 Å². The summed E-state index contributed by atoms with van der Waals surface area (Å²) in [5.41, 5.74) is 2.56. The SMILES string of the molecule is CCOC(=O)C1CCN(C(=O)CC2=CSC3=NC(C)=C(C(=O)OC(C)C)C(c4cccc(Oc5ccccc5)c4)N23)CC1. The number of aliphatic imine (C=N–C) groups is 1. The second kappa shape index (κ2) is 13.5. The third kappa shape index (κ3) is 6.96. The Kier molecular flexibility index (Phi) is 9.55. The van der Waals surface area contributed by atoms with Crippen molar-refractivity contribution in [3.05, 3.63) is 82.5 Å². The topological polar surface area (TPSA) is 97.7 Å². The summed E-state index contributed by atoms with van der Waals surface area (Å²) < 4.78 is 17.0. The van der Waals surface area contributed by atoms with Crippen LogP contribution in [0.4, 0.5) is 0 Å². The minimum atomic E-state index is -0.568. The molecule has 3 aliphatic rings. The Morgan fingerprint density at radius 3 is 2.44 bits per heavy atom. The first-order chi connectivity index (χ1) is 20.7. The van der Waals surface area contributed by atoms with Crippen LogP contribution < -0.4 is 4.74 Å². The van der Waals surface area contributed by atoms with Crippen molar-refractivity contribution in [1.29, 1.82) is 0 Å². The first-order valence-corrected chi connectivity index (χ1v) is 15.6. The Hall–Kier alpha value is -4.05. The highest BCUT2D eigenvalue weighted by molar-refractivity contribution is 8.16. The van der Waals surface area contributed by atoms with Crippen LogP contribution in [0, 0.1) is 5.92 Å². The largest absolute Gasteiger partial charge is 0.466 e. The molecule has 2 aromatic rings. The Balaban J connectivity index is 1.41. The van der Waals surface area contributed by atoms with Crippen molar-refractivity contribution in [3.63, 3.8) is 0 Å². The van der Waals surface area contributed by atoms with Gasteiger partial charge in [-0.3, -0.25) is 9.59 Å². The van der Waals surface area contributed by atoms with Crippen molar-refractivity contribution in [2.75, 3.05) is 19.7 Å². The minimum absolute atomic E-state index is 0.0343. The number of fused-ring (bicyclic) bond motifs is 1. The molecular formula is C33H37N3O6S. The molecule has 10 heteroatoms. The van der Waals surface area contributed by atoms with E-state index in [-0.39, 0.29) is 30.3 Å². The molecule has 1 atom stereocenters. The van der Waals surface area contributed by atoms with Gasteiger partial charge in [-0.15, -0.1) is 0 Å². The fraction of sp³-hybridized carbons (Fsp3) is 0.394. The summed E-state index contributed by atoms with van der Waals surface area (Å²) >= 11 is 1.43. The van der Waals surface area contributed by atoms with Gasteiger partial charge in [-0.05, 0) is 75.8 Å². The molecule has 1 saturated heterocycles. The van der Waals surface area contributed by atoms with E-state index in [1.54, 1.807) is 11.8 Å². The molecule has 226 valence electrons. The monoisotopic (exact) mass is 603 g/mol. The van der Waals surface area contributed by atoms with E-state index < -0.39 is 12.0 Å². The highest BCUT2D eigenvalue weighted by Gasteiger charge is 2.42. The van der Waals surface area contributed by atoms with Crippen LogP contribution in [0.2, 0.25) is 0 Å². The van der Waals surface area contributed by atoms with E-state index in [1.165, 1.54) is 11.8 Å². The summed E-state index contributed by atoms with van der Waals surface area (Å²) in [6.07, 6.45) is 0.990. The zero-order chi connectivity index (χ0) is 30.5. The van der Waals surface area contributed by atoms with E-state index in [9.17, 15) is 14.4 Å². The smallest absolute Gasteiger partial charge is 0.338 e. The molecule has 0 aliphatic carbocycles. The minimum Gasteiger partial charge on any atom is -0.466 e. The lowest BCUT2D eigenvalue weighted by atomic mass is 9.93. The van der Waals surface area contributed by atoms with E-state index >= 15 is 0 Å². The van der Waals surface area contributed by atoms with Gasteiger partial charge in [0.2, 0.25) is 5.91 Å². The second-order valence-electron chi connectivity index (χ2n) is 10.9. The molecule has 2 aromatic carbocycles. The molecule has 5 rings (SSSR count). The summed E-state index contributed by atoms with van der Waals surface area (Å²) in [5.74, 6) is 0.476. The van der Waals surface area contributed by atoms with Gasteiger partial charge >= 0.3 is 11.9 Å². The number of hydrogen-bond donors (Lipinski definition) is 0. The lowest BCUT2D eigenvalue weighted by Gasteiger charge is -2.37. The van der Waals surface area contributed by atoms with E-state index in [4.69, 9.17) is 19.2 Å². The molecule has 3 aliphatic heterocycles. The summed E-state index contributed by atoms with van der Waals surface area (Å²) in [4.78, 5) is 47.8. The number of amides is 1. The molecule has 0 bridgehead atoms. The Morgan fingerprint density at radius 2 is 1.74 bits per heavy atom. The molecule has 0 aromatic heterocycles. The number of benzene rings is 2. The Bertz CT molecular complexity index is 1460. The highest BCUT2D eigenvalue weighted by atomic mass is 32.2. The first-order valence-electron chi connectivity index (χ1n) is 14.7. The van der Waals surface area contributed by atoms with Gasteiger partial charge in [-0.25, -0.2) is 9.79 Å². The van der Waals surface area contributed by atoms with Gasteiger partial charge in [0, 0.05) is 18.8 Å². The summed E-state index contributed by atoms with van der Waals surface area (Å²) in [6, 6.07) is 16.6. The maximum atomic E-state index is 13.5. The average molecular weight is 604 g/mol. The fourth-order valence-corrected chi connectivity index (χ4v) is 6.45. The molecule has 0 saturated carbocycles. The first kappa shape index (κ1) is 30.4. The number of allylic oxidation sites excluding steroid dienone is 1. The van der Waals surface area contributed by atoms with Gasteiger partial charge < -0.3 is 24.0 Å². The van der Waals surface area contributed by atoms with Crippen molar-refractivity contribution < 1.29 is 28.6 Å². The molecule has 1 amide bonds. The van der Waals surface area contributed by atoms with Gasteiger partial charge in [0.15, 0.2) is 5.17 Å². The summed E-state index contributed by atoms with van der Waals surface area (Å²) in [7, 11) is 0. The van der Waals surface area contributed by atoms with E-state index in [0.717, 1.165) is 11.3 Å². The Labute approximate surface area is 256 Å². The quantitative estimate of drug-likeness (QED) is 0.313. The molecule has 0 N–H and O–H groups in total. The van der Waals surface area contributed by atoms with Crippen molar-refractivity contribution in [3.8, 4) is 11.5 Å². The van der Waals surface area contributed by atoms with Crippen LogP contribution >= 0.6 is 11.8 Å². The number of ether oxygens (including phenoxy) is 3. The molecule has 0 radical (unpaired) electrons. The molecule has 1 fully saturated rings. The van der Waals surface area contributed by atoms with Gasteiger partial charge in [0.25, 0.3) is 0 Å². The highest BCUT2D eigenvalue weighted by Crippen LogP contribution is 2.45. The Morgan fingerprint density at radius 1 is 1.02 bits per heavy atom. The molecule has 9 nitrogen and oxygen atoms in total. The lowest BCUT2D eigenvalue weighted by Crippen LogP contribution is -2.42. The lowest BCUT2D eigenvalue weighted by molar-refractivity contribution is -0.151. The van der Waals surface area contributed by atoms with E-state index in [1.807, 2.05) is 85.7 Å². The number of likely N-dealkylation sites (tertiary alicyclic amines) is 1. The van der Waals surface area contributed by atoms with Crippen LogP contribution in [0.1, 0.15) is 58.6 Å². The van der Waals surface area contributed by atoms with Gasteiger partial charge in [0.05, 0.1) is 42.4 Å². The maximum absolute atomic E-state index is 13.5. The van der Waals surface area contributed by atoms with Crippen LogP contribution in [0.3, 0.4) is 0 Å². The number of thioether (sulfide) groups is 1. The molecule has 1 unspecified atom stereocenters. The fourth-order valence-electron chi connectivity index (χ4n) is 5.49.